The van der Waals surface area contributed by atoms with E-state index in [0.29, 0.717) is 5.58 Å². The van der Waals surface area contributed by atoms with Crippen molar-refractivity contribution < 1.29 is 9.15 Å². The highest BCUT2D eigenvalue weighted by Crippen LogP contribution is 2.31. The highest BCUT2D eigenvalue weighted by atomic mass is 16.5. The second-order valence-electron chi connectivity index (χ2n) is 5.99. The van der Waals surface area contributed by atoms with E-state index in [4.69, 9.17) is 9.15 Å². The molecule has 0 amide bonds. The zero-order chi connectivity index (χ0) is 14.7. The normalized spacial score (nSPS) is 17.2. The highest BCUT2D eigenvalue weighted by Gasteiger charge is 2.20. The van der Waals surface area contributed by atoms with Crippen LogP contribution in [-0.4, -0.2) is 6.10 Å². The fourth-order valence-corrected chi connectivity index (χ4v) is 3.22. The summed E-state index contributed by atoms with van der Waals surface area (Å²) in [6, 6.07) is 8.95. The van der Waals surface area contributed by atoms with Crippen LogP contribution < -0.4 is 10.4 Å². The van der Waals surface area contributed by atoms with Crippen LogP contribution >= 0.6 is 0 Å². The van der Waals surface area contributed by atoms with E-state index in [2.05, 4.69) is 6.92 Å². The molecule has 0 radical (unpaired) electrons. The van der Waals surface area contributed by atoms with Gasteiger partial charge >= 0.3 is 5.63 Å². The zero-order valence-electron chi connectivity index (χ0n) is 12.5. The first-order valence-corrected chi connectivity index (χ1v) is 7.95. The summed E-state index contributed by atoms with van der Waals surface area (Å²) in [6.07, 6.45) is 7.80. The summed E-state index contributed by atoms with van der Waals surface area (Å²) in [4.78, 5) is 11.3. The van der Waals surface area contributed by atoms with Gasteiger partial charge in [0.25, 0.3) is 0 Å². The van der Waals surface area contributed by atoms with E-state index in [0.717, 1.165) is 29.9 Å². The van der Waals surface area contributed by atoms with Crippen molar-refractivity contribution in [1.82, 2.24) is 0 Å². The average molecular weight is 286 g/mol. The van der Waals surface area contributed by atoms with Crippen LogP contribution in [0.3, 0.4) is 0 Å². The van der Waals surface area contributed by atoms with Crippen LogP contribution in [0.2, 0.25) is 0 Å². The van der Waals surface area contributed by atoms with E-state index in [1.807, 2.05) is 18.2 Å². The van der Waals surface area contributed by atoms with Crippen LogP contribution in [-0.2, 0) is 0 Å². The molecule has 1 fully saturated rings. The fraction of sp³-hybridized carbons (Fsp3) is 0.500. The molecule has 3 rings (SSSR count). The van der Waals surface area contributed by atoms with Gasteiger partial charge in [-0.15, -0.1) is 0 Å². The molecule has 0 saturated heterocycles. The molecule has 1 aromatic carbocycles. The maximum absolute atomic E-state index is 11.3. The van der Waals surface area contributed by atoms with Crippen molar-refractivity contribution in [3.8, 4) is 5.75 Å². The molecule has 2 aromatic rings. The molecule has 21 heavy (non-hydrogen) atoms. The Kier molecular flexibility index (Phi) is 4.28. The largest absolute Gasteiger partial charge is 0.490 e. The molecule has 0 N–H and O–H groups in total. The van der Waals surface area contributed by atoms with Crippen molar-refractivity contribution in [2.45, 2.75) is 51.6 Å². The minimum absolute atomic E-state index is 0.251. The van der Waals surface area contributed by atoms with Crippen molar-refractivity contribution in [2.24, 2.45) is 5.92 Å². The number of rotatable bonds is 5. The van der Waals surface area contributed by atoms with Crippen LogP contribution in [0.5, 0.6) is 5.75 Å². The Labute approximate surface area is 124 Å². The number of ether oxygens (including phenoxy) is 1. The molecular weight excluding hydrogens is 264 g/mol. The third-order valence-electron chi connectivity index (χ3n) is 4.42. The van der Waals surface area contributed by atoms with Gasteiger partial charge in [-0.05, 0) is 37.0 Å². The summed E-state index contributed by atoms with van der Waals surface area (Å²) in [5.41, 5.74) is 0.272. The van der Waals surface area contributed by atoms with Crippen molar-refractivity contribution >= 4 is 11.0 Å². The van der Waals surface area contributed by atoms with Gasteiger partial charge in [-0.1, -0.05) is 32.6 Å². The number of hydrogen-bond donors (Lipinski definition) is 0. The van der Waals surface area contributed by atoms with Gasteiger partial charge in [0.1, 0.15) is 11.3 Å². The molecule has 1 saturated carbocycles. The standard InChI is InChI=1S/C18H22O3/c1-2-15(11-13-5-3-4-6-13)20-16-9-7-14-8-10-18(19)21-17(14)12-16/h7-10,12-13,15H,2-6,11H2,1H3/t15-/m1/s1. The Hall–Kier alpha value is -1.77. The van der Waals surface area contributed by atoms with Crippen LogP contribution in [0.15, 0.2) is 39.5 Å². The second kappa shape index (κ2) is 6.33. The Morgan fingerprint density at radius 3 is 2.76 bits per heavy atom. The molecule has 3 heteroatoms. The monoisotopic (exact) mass is 286 g/mol. The maximum atomic E-state index is 11.3. The maximum Gasteiger partial charge on any atom is 0.336 e. The van der Waals surface area contributed by atoms with E-state index in [-0.39, 0.29) is 11.7 Å². The lowest BCUT2D eigenvalue weighted by Gasteiger charge is -2.21. The summed E-state index contributed by atoms with van der Waals surface area (Å²) >= 11 is 0. The molecule has 1 atom stereocenters. The van der Waals surface area contributed by atoms with Crippen molar-refractivity contribution in [1.29, 1.82) is 0 Å². The van der Waals surface area contributed by atoms with Crippen LogP contribution in [0.1, 0.15) is 45.4 Å². The summed E-state index contributed by atoms with van der Waals surface area (Å²) in [7, 11) is 0. The van der Waals surface area contributed by atoms with Crippen molar-refractivity contribution in [2.75, 3.05) is 0 Å². The SMILES string of the molecule is CC[C@H](CC1CCCC1)Oc1ccc2ccc(=O)oc2c1. The van der Waals surface area contributed by atoms with Gasteiger partial charge in [0.05, 0.1) is 6.10 Å². The smallest absolute Gasteiger partial charge is 0.336 e. The molecule has 3 nitrogen and oxygen atoms in total. The highest BCUT2D eigenvalue weighted by molar-refractivity contribution is 5.77. The molecule has 1 aromatic heterocycles. The topological polar surface area (TPSA) is 39.4 Å². The molecular formula is C18H22O3. The third-order valence-corrected chi connectivity index (χ3v) is 4.42. The lowest BCUT2D eigenvalue weighted by Crippen LogP contribution is -2.18. The number of hydrogen-bond acceptors (Lipinski definition) is 3. The van der Waals surface area contributed by atoms with Gasteiger partial charge in [0.2, 0.25) is 0 Å². The Balaban J connectivity index is 1.74. The van der Waals surface area contributed by atoms with E-state index >= 15 is 0 Å². The summed E-state index contributed by atoms with van der Waals surface area (Å²) < 4.78 is 11.3. The molecule has 1 aliphatic rings. The molecule has 1 aliphatic carbocycles. The Bertz CT molecular complexity index is 653. The van der Waals surface area contributed by atoms with Gasteiger partial charge in [-0.3, -0.25) is 0 Å². The minimum atomic E-state index is -0.322. The van der Waals surface area contributed by atoms with E-state index in [9.17, 15) is 4.79 Å². The van der Waals surface area contributed by atoms with Crippen molar-refractivity contribution in [3.63, 3.8) is 0 Å². The number of fused-ring (bicyclic) bond motifs is 1. The second-order valence-corrected chi connectivity index (χ2v) is 5.99. The first kappa shape index (κ1) is 14.2. The van der Waals surface area contributed by atoms with Gasteiger partial charge in [-0.2, -0.15) is 0 Å². The molecule has 0 unspecified atom stereocenters. The van der Waals surface area contributed by atoms with Gasteiger partial charge < -0.3 is 9.15 Å². The molecule has 0 aliphatic heterocycles. The first-order chi connectivity index (χ1) is 10.2. The van der Waals surface area contributed by atoms with Crippen LogP contribution in [0.4, 0.5) is 0 Å². The van der Waals surface area contributed by atoms with E-state index in [1.54, 1.807) is 6.07 Å². The molecule has 112 valence electrons. The van der Waals surface area contributed by atoms with E-state index in [1.165, 1.54) is 31.7 Å². The molecule has 1 heterocycles. The number of benzene rings is 1. The van der Waals surface area contributed by atoms with Gasteiger partial charge in [0.15, 0.2) is 0 Å². The quantitative estimate of drug-likeness (QED) is 0.758. The average Bonchev–Trinajstić information content (AvgIpc) is 2.99. The molecule has 0 bridgehead atoms. The van der Waals surface area contributed by atoms with Crippen molar-refractivity contribution in [3.05, 3.63) is 40.8 Å². The zero-order valence-corrected chi connectivity index (χ0v) is 12.5. The summed E-state index contributed by atoms with van der Waals surface area (Å²) in [5.74, 6) is 1.61. The lowest BCUT2D eigenvalue weighted by molar-refractivity contribution is 0.164. The lowest BCUT2D eigenvalue weighted by atomic mass is 9.99. The fourth-order valence-electron chi connectivity index (χ4n) is 3.22. The van der Waals surface area contributed by atoms with Crippen LogP contribution in [0.25, 0.3) is 11.0 Å². The van der Waals surface area contributed by atoms with E-state index < -0.39 is 0 Å². The predicted molar refractivity (Wildman–Crippen MR) is 83.8 cm³/mol. The van der Waals surface area contributed by atoms with Crippen LogP contribution in [0, 0.1) is 5.92 Å². The third kappa shape index (κ3) is 3.46. The Morgan fingerprint density at radius 1 is 1.24 bits per heavy atom. The van der Waals surface area contributed by atoms with Gasteiger partial charge in [0, 0.05) is 17.5 Å². The minimum Gasteiger partial charge on any atom is -0.490 e. The summed E-state index contributed by atoms with van der Waals surface area (Å²) in [5, 5.41) is 0.922. The Morgan fingerprint density at radius 2 is 2.00 bits per heavy atom. The van der Waals surface area contributed by atoms with Gasteiger partial charge in [-0.25, -0.2) is 4.79 Å². The predicted octanol–water partition coefficient (Wildman–Crippen LogP) is 4.53. The summed E-state index contributed by atoms with van der Waals surface area (Å²) in [6.45, 7) is 2.17. The first-order valence-electron chi connectivity index (χ1n) is 7.95. The molecule has 0 spiro atoms.